The summed E-state index contributed by atoms with van der Waals surface area (Å²) >= 11 is 5.90. The second-order valence-electron chi connectivity index (χ2n) is 5.42. The number of rotatable bonds is 4. The summed E-state index contributed by atoms with van der Waals surface area (Å²) in [5.74, 6) is 1.12. The lowest BCUT2D eigenvalue weighted by atomic mass is 10.1. The Bertz CT molecular complexity index is 990. The highest BCUT2D eigenvalue weighted by molar-refractivity contribution is 6.30. The zero-order valence-corrected chi connectivity index (χ0v) is 13.7. The Kier molecular flexibility index (Phi) is 3.74. The van der Waals surface area contributed by atoms with Crippen molar-refractivity contribution >= 4 is 22.6 Å². The number of benzene rings is 2. The summed E-state index contributed by atoms with van der Waals surface area (Å²) < 4.78 is 7.21. The standard InChI is InChI=1S/C17H14ClN5O/c1-2-23-15-10-12(5-8-14(15)20-22-23)17-19-16(24-21-17)9-11-3-6-13(18)7-4-11/h3-8,10H,2,9H2,1H3. The van der Waals surface area contributed by atoms with Crippen molar-refractivity contribution in [2.75, 3.05) is 0 Å². The van der Waals surface area contributed by atoms with Gasteiger partial charge in [0.15, 0.2) is 0 Å². The van der Waals surface area contributed by atoms with Gasteiger partial charge in [0, 0.05) is 17.1 Å². The number of hydrogen-bond acceptors (Lipinski definition) is 5. The first-order chi connectivity index (χ1) is 11.7. The molecule has 0 atom stereocenters. The summed E-state index contributed by atoms with van der Waals surface area (Å²) in [7, 11) is 0. The zero-order chi connectivity index (χ0) is 16.5. The molecule has 0 aliphatic heterocycles. The van der Waals surface area contributed by atoms with Gasteiger partial charge in [0.05, 0.1) is 11.9 Å². The van der Waals surface area contributed by atoms with E-state index in [0.29, 0.717) is 23.2 Å². The molecule has 4 aromatic rings. The van der Waals surface area contributed by atoms with E-state index in [2.05, 4.69) is 20.5 Å². The summed E-state index contributed by atoms with van der Waals surface area (Å²) in [6, 6.07) is 13.4. The van der Waals surface area contributed by atoms with Crippen molar-refractivity contribution < 1.29 is 4.52 Å². The monoisotopic (exact) mass is 339 g/mol. The number of aryl methyl sites for hydroxylation is 1. The topological polar surface area (TPSA) is 69.6 Å². The first-order valence-electron chi connectivity index (χ1n) is 7.63. The Morgan fingerprint density at radius 3 is 2.75 bits per heavy atom. The molecule has 0 saturated carbocycles. The molecule has 7 heteroatoms. The Balaban J connectivity index is 1.63. The molecular weight excluding hydrogens is 326 g/mol. The minimum atomic E-state index is 0.560. The zero-order valence-electron chi connectivity index (χ0n) is 13.0. The summed E-state index contributed by atoms with van der Waals surface area (Å²) in [5, 5.41) is 13.0. The van der Waals surface area contributed by atoms with Crippen molar-refractivity contribution in [2.24, 2.45) is 0 Å². The van der Waals surface area contributed by atoms with E-state index in [0.717, 1.165) is 28.7 Å². The molecule has 6 nitrogen and oxygen atoms in total. The van der Waals surface area contributed by atoms with E-state index in [9.17, 15) is 0 Å². The smallest absolute Gasteiger partial charge is 0.231 e. The predicted molar refractivity (Wildman–Crippen MR) is 90.8 cm³/mol. The van der Waals surface area contributed by atoms with E-state index >= 15 is 0 Å². The fourth-order valence-corrected chi connectivity index (χ4v) is 2.68. The van der Waals surface area contributed by atoms with Gasteiger partial charge in [0.25, 0.3) is 0 Å². The van der Waals surface area contributed by atoms with Crippen molar-refractivity contribution in [3.05, 3.63) is 58.9 Å². The van der Waals surface area contributed by atoms with Gasteiger partial charge in [-0.3, -0.25) is 0 Å². The van der Waals surface area contributed by atoms with Crippen LogP contribution in [0.3, 0.4) is 0 Å². The molecular formula is C17H14ClN5O. The van der Waals surface area contributed by atoms with Crippen LogP contribution < -0.4 is 0 Å². The van der Waals surface area contributed by atoms with Crippen molar-refractivity contribution in [3.63, 3.8) is 0 Å². The van der Waals surface area contributed by atoms with E-state index in [4.69, 9.17) is 16.1 Å². The van der Waals surface area contributed by atoms with Gasteiger partial charge in [-0.25, -0.2) is 4.68 Å². The largest absolute Gasteiger partial charge is 0.339 e. The van der Waals surface area contributed by atoms with Crippen molar-refractivity contribution in [1.82, 2.24) is 25.1 Å². The molecule has 4 rings (SSSR count). The number of aromatic nitrogens is 5. The van der Waals surface area contributed by atoms with Crippen LogP contribution in [0.25, 0.3) is 22.4 Å². The second-order valence-corrected chi connectivity index (χ2v) is 5.86. The highest BCUT2D eigenvalue weighted by Crippen LogP contribution is 2.22. The third-order valence-corrected chi connectivity index (χ3v) is 4.06. The van der Waals surface area contributed by atoms with Crippen LogP contribution in [0.15, 0.2) is 47.0 Å². The fraction of sp³-hybridized carbons (Fsp3) is 0.176. The molecule has 24 heavy (non-hydrogen) atoms. The van der Waals surface area contributed by atoms with Crippen LogP contribution in [-0.4, -0.2) is 25.1 Å². The lowest BCUT2D eigenvalue weighted by Gasteiger charge is -1.98. The van der Waals surface area contributed by atoms with Crippen molar-refractivity contribution in [2.45, 2.75) is 19.9 Å². The van der Waals surface area contributed by atoms with Crippen LogP contribution in [0.2, 0.25) is 5.02 Å². The SMILES string of the molecule is CCn1nnc2ccc(-c3noc(Cc4ccc(Cl)cc4)n3)cc21. The normalized spacial score (nSPS) is 11.2. The van der Waals surface area contributed by atoms with Crippen LogP contribution in [0.5, 0.6) is 0 Å². The highest BCUT2D eigenvalue weighted by atomic mass is 35.5. The highest BCUT2D eigenvalue weighted by Gasteiger charge is 2.12. The van der Waals surface area contributed by atoms with E-state index in [1.54, 1.807) is 0 Å². The first kappa shape index (κ1) is 14.8. The molecule has 120 valence electrons. The van der Waals surface area contributed by atoms with Crippen LogP contribution in [0, 0.1) is 0 Å². The molecule has 0 bridgehead atoms. The summed E-state index contributed by atoms with van der Waals surface area (Å²) in [6.45, 7) is 2.79. The number of hydrogen-bond donors (Lipinski definition) is 0. The molecule has 0 spiro atoms. The summed E-state index contributed by atoms with van der Waals surface area (Å²) in [4.78, 5) is 4.48. The van der Waals surface area contributed by atoms with E-state index in [1.165, 1.54) is 0 Å². The quantitative estimate of drug-likeness (QED) is 0.566. The predicted octanol–water partition coefficient (Wildman–Crippen LogP) is 3.75. The van der Waals surface area contributed by atoms with Gasteiger partial charge in [0.2, 0.25) is 11.7 Å². The Labute approximate surface area is 143 Å². The first-order valence-corrected chi connectivity index (χ1v) is 8.01. The van der Waals surface area contributed by atoms with Crippen LogP contribution in [0.1, 0.15) is 18.4 Å². The molecule has 0 N–H and O–H groups in total. The van der Waals surface area contributed by atoms with Crippen LogP contribution >= 0.6 is 11.6 Å². The van der Waals surface area contributed by atoms with E-state index in [-0.39, 0.29) is 0 Å². The van der Waals surface area contributed by atoms with Crippen LogP contribution in [0.4, 0.5) is 0 Å². The number of nitrogens with zero attached hydrogens (tertiary/aromatic N) is 5. The van der Waals surface area contributed by atoms with Gasteiger partial charge in [-0.1, -0.05) is 34.1 Å². The Hall–Kier alpha value is -2.73. The third-order valence-electron chi connectivity index (χ3n) is 3.81. The molecule has 2 aromatic heterocycles. The minimum Gasteiger partial charge on any atom is -0.339 e. The Morgan fingerprint density at radius 1 is 1.12 bits per heavy atom. The van der Waals surface area contributed by atoms with E-state index < -0.39 is 0 Å². The van der Waals surface area contributed by atoms with Gasteiger partial charge in [-0.2, -0.15) is 4.98 Å². The molecule has 0 aliphatic rings. The minimum absolute atomic E-state index is 0.560. The molecule has 2 heterocycles. The van der Waals surface area contributed by atoms with E-state index in [1.807, 2.05) is 54.1 Å². The lowest BCUT2D eigenvalue weighted by Crippen LogP contribution is -1.96. The van der Waals surface area contributed by atoms with Gasteiger partial charge in [-0.15, -0.1) is 5.10 Å². The number of fused-ring (bicyclic) bond motifs is 1. The van der Waals surface area contributed by atoms with Gasteiger partial charge < -0.3 is 4.52 Å². The molecule has 2 aromatic carbocycles. The maximum Gasteiger partial charge on any atom is 0.231 e. The van der Waals surface area contributed by atoms with Gasteiger partial charge in [0.1, 0.15) is 5.52 Å². The second kappa shape index (κ2) is 6.05. The van der Waals surface area contributed by atoms with Gasteiger partial charge in [-0.05, 0) is 42.8 Å². The summed E-state index contributed by atoms with van der Waals surface area (Å²) in [5.41, 5.74) is 3.76. The summed E-state index contributed by atoms with van der Waals surface area (Å²) in [6.07, 6.45) is 0.570. The van der Waals surface area contributed by atoms with Crippen LogP contribution in [-0.2, 0) is 13.0 Å². The molecule has 0 amide bonds. The molecule has 0 radical (unpaired) electrons. The van der Waals surface area contributed by atoms with Crippen molar-refractivity contribution in [3.8, 4) is 11.4 Å². The molecule has 0 aliphatic carbocycles. The lowest BCUT2D eigenvalue weighted by molar-refractivity contribution is 0.385. The molecule has 0 fully saturated rings. The third kappa shape index (κ3) is 2.76. The average molecular weight is 340 g/mol. The van der Waals surface area contributed by atoms with Gasteiger partial charge >= 0.3 is 0 Å². The number of halogens is 1. The Morgan fingerprint density at radius 2 is 1.96 bits per heavy atom. The molecule has 0 unspecified atom stereocenters. The van der Waals surface area contributed by atoms with Crippen molar-refractivity contribution in [1.29, 1.82) is 0 Å². The average Bonchev–Trinajstić information content (AvgIpc) is 3.23. The maximum absolute atomic E-state index is 5.90. The maximum atomic E-state index is 5.90. The molecule has 0 saturated heterocycles. The fourth-order valence-electron chi connectivity index (χ4n) is 2.56.